The number of nitrogens with zero attached hydrogens (tertiary/aromatic N) is 1. The molecule has 2 aromatic rings. The van der Waals surface area contributed by atoms with Crippen LogP contribution in [0, 0.1) is 0 Å². The van der Waals surface area contributed by atoms with Crippen molar-refractivity contribution in [3.05, 3.63) is 53.6 Å². The number of carbonyl (C=O) groups is 1. The van der Waals surface area contributed by atoms with Crippen molar-refractivity contribution >= 4 is 11.6 Å². The molecule has 0 spiro atoms. The second-order valence-corrected chi connectivity index (χ2v) is 8.73. The van der Waals surface area contributed by atoms with Gasteiger partial charge in [0.15, 0.2) is 11.5 Å². The van der Waals surface area contributed by atoms with E-state index < -0.39 is 0 Å². The van der Waals surface area contributed by atoms with Crippen LogP contribution in [0.4, 0.5) is 5.69 Å². The summed E-state index contributed by atoms with van der Waals surface area (Å²) in [6.07, 6.45) is 4.54. The molecule has 5 rings (SSSR count). The predicted octanol–water partition coefficient (Wildman–Crippen LogP) is 3.08. The monoisotopic (exact) mass is 437 g/mol. The maximum Gasteiger partial charge on any atom is 0.251 e. The van der Waals surface area contributed by atoms with Crippen molar-refractivity contribution in [3.63, 3.8) is 0 Å². The molecule has 0 unspecified atom stereocenters. The Balaban J connectivity index is 1.09. The van der Waals surface area contributed by atoms with Crippen molar-refractivity contribution in [3.8, 4) is 11.5 Å². The average molecular weight is 438 g/mol. The van der Waals surface area contributed by atoms with Crippen LogP contribution in [0.25, 0.3) is 0 Å². The summed E-state index contributed by atoms with van der Waals surface area (Å²) >= 11 is 0. The average Bonchev–Trinajstić information content (AvgIpc) is 3.32. The number of fused-ring (bicyclic) bond motifs is 1. The van der Waals surface area contributed by atoms with Crippen molar-refractivity contribution in [2.24, 2.45) is 0 Å². The first kappa shape index (κ1) is 21.1. The number of hydrogen-bond donors (Lipinski definition) is 2. The molecule has 3 heterocycles. The highest BCUT2D eigenvalue weighted by Gasteiger charge is 2.23. The third-order valence-corrected chi connectivity index (χ3v) is 6.57. The van der Waals surface area contributed by atoms with E-state index in [9.17, 15) is 4.79 Å². The van der Waals surface area contributed by atoms with E-state index in [1.54, 1.807) is 0 Å². The highest BCUT2D eigenvalue weighted by Crippen LogP contribution is 2.32. The summed E-state index contributed by atoms with van der Waals surface area (Å²) < 4.78 is 16.2. The number of piperidine rings is 1. The first-order chi connectivity index (χ1) is 15.7. The van der Waals surface area contributed by atoms with Crippen LogP contribution in [0.3, 0.4) is 0 Å². The lowest BCUT2D eigenvalue weighted by atomic mass is 10.0. The van der Waals surface area contributed by atoms with Gasteiger partial charge in [-0.25, -0.2) is 0 Å². The van der Waals surface area contributed by atoms with Gasteiger partial charge in [-0.05, 0) is 67.6 Å². The van der Waals surface area contributed by atoms with Gasteiger partial charge in [0.2, 0.25) is 6.79 Å². The van der Waals surface area contributed by atoms with E-state index >= 15 is 0 Å². The van der Waals surface area contributed by atoms with Gasteiger partial charge in [0, 0.05) is 56.2 Å². The fourth-order valence-corrected chi connectivity index (χ4v) is 4.66. The normalized spacial score (nSPS) is 19.2. The van der Waals surface area contributed by atoms with E-state index in [4.69, 9.17) is 14.2 Å². The van der Waals surface area contributed by atoms with Crippen molar-refractivity contribution < 1.29 is 19.0 Å². The van der Waals surface area contributed by atoms with Crippen molar-refractivity contribution in [2.75, 3.05) is 38.0 Å². The van der Waals surface area contributed by atoms with Gasteiger partial charge in [0.1, 0.15) is 0 Å². The van der Waals surface area contributed by atoms with Gasteiger partial charge in [0.05, 0.1) is 0 Å². The molecule has 32 heavy (non-hydrogen) atoms. The van der Waals surface area contributed by atoms with Gasteiger partial charge < -0.3 is 29.7 Å². The first-order valence-corrected chi connectivity index (χ1v) is 11.6. The third-order valence-electron chi connectivity index (χ3n) is 6.57. The number of ether oxygens (including phenoxy) is 3. The summed E-state index contributed by atoms with van der Waals surface area (Å²) in [7, 11) is 0. The van der Waals surface area contributed by atoms with E-state index in [0.717, 1.165) is 69.0 Å². The molecule has 1 amide bonds. The number of benzene rings is 2. The zero-order valence-corrected chi connectivity index (χ0v) is 18.3. The van der Waals surface area contributed by atoms with Crippen LogP contribution in [0.2, 0.25) is 0 Å². The second kappa shape index (κ2) is 9.79. The molecule has 3 aliphatic rings. The second-order valence-electron chi connectivity index (χ2n) is 8.73. The number of amides is 1. The Kier molecular flexibility index (Phi) is 6.46. The third kappa shape index (κ3) is 5.00. The topological polar surface area (TPSA) is 72.1 Å². The molecule has 170 valence electrons. The number of hydrogen-bond acceptors (Lipinski definition) is 6. The summed E-state index contributed by atoms with van der Waals surface area (Å²) in [5.74, 6) is 1.40. The van der Waals surface area contributed by atoms with Crippen LogP contribution >= 0.6 is 0 Å². The Morgan fingerprint density at radius 3 is 2.41 bits per heavy atom. The lowest BCUT2D eigenvalue weighted by Crippen LogP contribution is -2.47. The summed E-state index contributed by atoms with van der Waals surface area (Å²) in [4.78, 5) is 15.0. The standard InChI is InChI=1S/C25H31N3O4/c29-25(26-16-18-1-6-23-24(15-18)32-17-31-23)19-2-4-22(5-3-19)28-11-7-20(8-12-28)27-21-9-13-30-14-10-21/h1-6,15,20-21,27H,7-14,16-17H2,(H,26,29). The van der Waals surface area contributed by atoms with Gasteiger partial charge in [-0.1, -0.05) is 6.07 Å². The first-order valence-electron chi connectivity index (χ1n) is 11.6. The summed E-state index contributed by atoms with van der Waals surface area (Å²) in [5.41, 5.74) is 2.84. The van der Waals surface area contributed by atoms with Gasteiger partial charge in [-0.2, -0.15) is 0 Å². The highest BCUT2D eigenvalue weighted by atomic mass is 16.7. The van der Waals surface area contributed by atoms with Crippen LogP contribution in [0.15, 0.2) is 42.5 Å². The molecule has 0 atom stereocenters. The van der Waals surface area contributed by atoms with E-state index in [1.807, 2.05) is 30.3 Å². The van der Waals surface area contributed by atoms with E-state index in [2.05, 4.69) is 27.7 Å². The molecule has 0 radical (unpaired) electrons. The molecule has 2 N–H and O–H groups in total. The molecule has 2 aromatic carbocycles. The molecule has 3 aliphatic heterocycles. The van der Waals surface area contributed by atoms with Crippen LogP contribution in [-0.2, 0) is 11.3 Å². The van der Waals surface area contributed by atoms with Crippen LogP contribution in [0.5, 0.6) is 11.5 Å². The largest absolute Gasteiger partial charge is 0.454 e. The van der Waals surface area contributed by atoms with Gasteiger partial charge in [-0.15, -0.1) is 0 Å². The van der Waals surface area contributed by atoms with Crippen molar-refractivity contribution in [1.82, 2.24) is 10.6 Å². The van der Waals surface area contributed by atoms with E-state index in [0.29, 0.717) is 24.2 Å². The number of anilines is 1. The molecule has 2 fully saturated rings. The molecule has 0 bridgehead atoms. The molecule has 7 heteroatoms. The molecule has 7 nitrogen and oxygen atoms in total. The zero-order chi connectivity index (χ0) is 21.8. The number of carbonyl (C=O) groups excluding carboxylic acids is 1. The Hall–Kier alpha value is -2.77. The molecule has 0 aromatic heterocycles. The summed E-state index contributed by atoms with van der Waals surface area (Å²) in [6, 6.07) is 14.9. The van der Waals surface area contributed by atoms with Crippen LogP contribution in [-0.4, -0.2) is 51.1 Å². The molecule has 2 saturated heterocycles. The Morgan fingerprint density at radius 1 is 0.906 bits per heavy atom. The van der Waals surface area contributed by atoms with Gasteiger partial charge >= 0.3 is 0 Å². The minimum Gasteiger partial charge on any atom is -0.454 e. The minimum atomic E-state index is -0.0754. The summed E-state index contributed by atoms with van der Waals surface area (Å²) in [5, 5.41) is 6.80. The Labute approximate surface area is 189 Å². The summed E-state index contributed by atoms with van der Waals surface area (Å²) in [6.45, 7) is 4.54. The van der Waals surface area contributed by atoms with Gasteiger partial charge in [-0.3, -0.25) is 4.79 Å². The van der Waals surface area contributed by atoms with Crippen LogP contribution in [0.1, 0.15) is 41.6 Å². The Bertz CT molecular complexity index is 919. The lowest BCUT2D eigenvalue weighted by molar-refractivity contribution is 0.0738. The Morgan fingerprint density at radius 2 is 1.62 bits per heavy atom. The fraction of sp³-hybridized carbons (Fsp3) is 0.480. The maximum atomic E-state index is 12.6. The minimum absolute atomic E-state index is 0.0754. The maximum absolute atomic E-state index is 12.6. The van der Waals surface area contributed by atoms with E-state index in [1.165, 1.54) is 5.69 Å². The molecule has 0 saturated carbocycles. The van der Waals surface area contributed by atoms with Crippen LogP contribution < -0.4 is 25.0 Å². The lowest BCUT2D eigenvalue weighted by Gasteiger charge is -2.36. The zero-order valence-electron chi connectivity index (χ0n) is 18.3. The van der Waals surface area contributed by atoms with Gasteiger partial charge in [0.25, 0.3) is 5.91 Å². The highest BCUT2D eigenvalue weighted by molar-refractivity contribution is 5.94. The number of nitrogens with one attached hydrogen (secondary N) is 2. The van der Waals surface area contributed by atoms with E-state index in [-0.39, 0.29) is 12.7 Å². The van der Waals surface area contributed by atoms with Crippen molar-refractivity contribution in [2.45, 2.75) is 44.3 Å². The smallest absolute Gasteiger partial charge is 0.251 e. The fourth-order valence-electron chi connectivity index (χ4n) is 4.66. The number of rotatable bonds is 6. The van der Waals surface area contributed by atoms with Crippen molar-refractivity contribution in [1.29, 1.82) is 0 Å². The molecular formula is C25H31N3O4. The molecule has 0 aliphatic carbocycles. The quantitative estimate of drug-likeness (QED) is 0.724. The predicted molar refractivity (Wildman–Crippen MR) is 122 cm³/mol. The SMILES string of the molecule is O=C(NCc1ccc2c(c1)OCO2)c1ccc(N2CCC(NC3CCOCC3)CC2)cc1. The molecular weight excluding hydrogens is 406 g/mol.